The molecule has 0 aliphatic carbocycles. The largest absolute Gasteiger partial charge is 0.366 e. The van der Waals surface area contributed by atoms with Crippen LogP contribution in [0.5, 0.6) is 0 Å². The summed E-state index contributed by atoms with van der Waals surface area (Å²) in [6, 6.07) is 12.0. The molecule has 0 bridgehead atoms. The topological polar surface area (TPSA) is 93.0 Å². The molecule has 140 valence electrons. The molecule has 1 fully saturated rings. The third kappa shape index (κ3) is 3.37. The van der Waals surface area contributed by atoms with Gasteiger partial charge < -0.3 is 10.7 Å². The van der Waals surface area contributed by atoms with E-state index >= 15 is 0 Å². The molecular weight excluding hydrogens is 360 g/mol. The molecule has 2 heterocycles. The number of carbonyl (C=O) groups excluding carboxylic acids is 1. The molecule has 0 unspecified atom stereocenters. The van der Waals surface area contributed by atoms with Crippen LogP contribution in [-0.4, -0.2) is 30.8 Å². The summed E-state index contributed by atoms with van der Waals surface area (Å²) in [6.45, 7) is 2.03. The van der Waals surface area contributed by atoms with Crippen molar-refractivity contribution in [3.8, 4) is 11.1 Å². The minimum Gasteiger partial charge on any atom is -0.366 e. The van der Waals surface area contributed by atoms with Gasteiger partial charge in [0, 0.05) is 11.6 Å². The highest BCUT2D eigenvalue weighted by molar-refractivity contribution is 7.91. The zero-order valence-electron chi connectivity index (χ0n) is 15.2. The van der Waals surface area contributed by atoms with Crippen molar-refractivity contribution in [2.45, 2.75) is 25.7 Å². The van der Waals surface area contributed by atoms with E-state index in [0.29, 0.717) is 18.4 Å². The molecule has 0 radical (unpaired) electrons. The van der Waals surface area contributed by atoms with Crippen LogP contribution in [0.3, 0.4) is 0 Å². The van der Waals surface area contributed by atoms with E-state index < -0.39 is 15.7 Å². The van der Waals surface area contributed by atoms with Gasteiger partial charge in [0.25, 0.3) is 5.91 Å². The molecule has 6 heteroatoms. The van der Waals surface area contributed by atoms with Gasteiger partial charge in [-0.2, -0.15) is 0 Å². The first kappa shape index (κ1) is 17.8. The van der Waals surface area contributed by atoms with Gasteiger partial charge in [0.2, 0.25) is 0 Å². The van der Waals surface area contributed by atoms with E-state index in [1.807, 2.05) is 43.5 Å². The van der Waals surface area contributed by atoms with E-state index in [1.165, 1.54) is 5.56 Å². The standard InChI is InChI=1S/C21H22N2O3S/c1-13-2-4-14(5-3-13)16-10-17-19(15-6-8-27(25,26)9-7-15)12-23-20(17)18(11-16)21(22)24/h2-5,10-12,15,23H,6-9H2,1H3,(H2,22,24). The number of sulfone groups is 1. The molecule has 0 spiro atoms. The van der Waals surface area contributed by atoms with E-state index in [2.05, 4.69) is 11.1 Å². The summed E-state index contributed by atoms with van der Waals surface area (Å²) in [4.78, 5) is 15.2. The fourth-order valence-electron chi connectivity index (χ4n) is 3.90. The van der Waals surface area contributed by atoms with E-state index in [4.69, 9.17) is 5.73 Å². The van der Waals surface area contributed by atoms with Crippen molar-refractivity contribution in [2.75, 3.05) is 11.5 Å². The Labute approximate surface area is 158 Å². The van der Waals surface area contributed by atoms with Crippen LogP contribution in [0.1, 0.15) is 40.2 Å². The van der Waals surface area contributed by atoms with E-state index in [-0.39, 0.29) is 17.4 Å². The number of aryl methyl sites for hydroxylation is 1. The molecule has 2 aromatic carbocycles. The lowest BCUT2D eigenvalue weighted by atomic mass is 9.90. The summed E-state index contributed by atoms with van der Waals surface area (Å²) in [5.41, 5.74) is 11.0. The molecule has 1 aliphatic rings. The summed E-state index contributed by atoms with van der Waals surface area (Å²) >= 11 is 0. The number of primary amides is 1. The number of aromatic amines is 1. The average Bonchev–Trinajstić information content (AvgIpc) is 3.05. The SMILES string of the molecule is Cc1ccc(-c2cc(C(N)=O)c3[nH]cc(C4CCS(=O)(=O)CC4)c3c2)cc1. The van der Waals surface area contributed by atoms with Gasteiger partial charge >= 0.3 is 0 Å². The van der Waals surface area contributed by atoms with Gasteiger partial charge in [0.1, 0.15) is 9.84 Å². The van der Waals surface area contributed by atoms with Gasteiger partial charge in [-0.3, -0.25) is 4.79 Å². The minimum atomic E-state index is -2.92. The van der Waals surface area contributed by atoms with E-state index in [0.717, 1.165) is 27.6 Å². The third-order valence-corrected chi connectivity index (χ3v) is 7.18. The Morgan fingerprint density at radius 1 is 1.07 bits per heavy atom. The number of fused-ring (bicyclic) bond motifs is 1. The predicted octanol–water partition coefficient (Wildman–Crippen LogP) is 3.53. The highest BCUT2D eigenvalue weighted by Crippen LogP contribution is 2.37. The zero-order valence-corrected chi connectivity index (χ0v) is 16.0. The molecule has 1 aliphatic heterocycles. The van der Waals surface area contributed by atoms with Gasteiger partial charge in [0.05, 0.1) is 22.6 Å². The van der Waals surface area contributed by atoms with Crippen LogP contribution in [0.2, 0.25) is 0 Å². The van der Waals surface area contributed by atoms with Crippen molar-refractivity contribution in [3.63, 3.8) is 0 Å². The molecule has 1 amide bonds. The third-order valence-electron chi connectivity index (χ3n) is 5.47. The first-order valence-corrected chi connectivity index (χ1v) is 10.9. The summed E-state index contributed by atoms with van der Waals surface area (Å²) in [5.74, 6) is 0.111. The van der Waals surface area contributed by atoms with Crippen molar-refractivity contribution in [1.29, 1.82) is 0 Å². The summed E-state index contributed by atoms with van der Waals surface area (Å²) in [7, 11) is -2.92. The van der Waals surface area contributed by atoms with Crippen molar-refractivity contribution in [2.24, 2.45) is 5.73 Å². The molecule has 5 nitrogen and oxygen atoms in total. The Hall–Kier alpha value is -2.60. The molecule has 0 atom stereocenters. The van der Waals surface area contributed by atoms with Crippen LogP contribution < -0.4 is 5.73 Å². The first-order valence-electron chi connectivity index (χ1n) is 9.06. The number of carbonyl (C=O) groups is 1. The van der Waals surface area contributed by atoms with E-state index in [9.17, 15) is 13.2 Å². The van der Waals surface area contributed by atoms with Crippen LogP contribution in [-0.2, 0) is 9.84 Å². The highest BCUT2D eigenvalue weighted by Gasteiger charge is 2.27. The number of hydrogen-bond acceptors (Lipinski definition) is 3. The van der Waals surface area contributed by atoms with Crippen molar-refractivity contribution >= 4 is 26.6 Å². The Balaban J connectivity index is 1.85. The lowest BCUT2D eigenvalue weighted by Crippen LogP contribution is -2.22. The van der Waals surface area contributed by atoms with E-state index in [1.54, 1.807) is 0 Å². The summed E-state index contributed by atoms with van der Waals surface area (Å²) in [5, 5.41) is 0.950. The second kappa shape index (κ2) is 6.53. The lowest BCUT2D eigenvalue weighted by molar-refractivity contribution is 0.100. The van der Waals surface area contributed by atoms with Gasteiger partial charge in [-0.25, -0.2) is 8.42 Å². The monoisotopic (exact) mass is 382 g/mol. The molecule has 3 aromatic rings. The zero-order chi connectivity index (χ0) is 19.2. The van der Waals surface area contributed by atoms with Crippen molar-refractivity contribution in [1.82, 2.24) is 4.98 Å². The van der Waals surface area contributed by atoms with Crippen LogP contribution >= 0.6 is 0 Å². The number of rotatable bonds is 3. The summed E-state index contributed by atoms with van der Waals surface area (Å²) in [6.07, 6.45) is 3.12. The second-order valence-electron chi connectivity index (χ2n) is 7.35. The highest BCUT2D eigenvalue weighted by atomic mass is 32.2. The van der Waals surface area contributed by atoms with Crippen LogP contribution in [0, 0.1) is 6.92 Å². The Morgan fingerprint density at radius 2 is 1.74 bits per heavy atom. The number of benzene rings is 2. The van der Waals surface area contributed by atoms with Gasteiger partial charge in [-0.1, -0.05) is 29.8 Å². The Morgan fingerprint density at radius 3 is 2.37 bits per heavy atom. The molecule has 4 rings (SSSR count). The molecule has 0 saturated carbocycles. The first-order chi connectivity index (χ1) is 12.8. The maximum Gasteiger partial charge on any atom is 0.250 e. The molecule has 3 N–H and O–H groups in total. The number of amides is 1. The smallest absolute Gasteiger partial charge is 0.250 e. The molecule has 27 heavy (non-hydrogen) atoms. The number of nitrogens with two attached hydrogens (primary N) is 1. The molecule has 1 saturated heterocycles. The second-order valence-corrected chi connectivity index (χ2v) is 9.65. The summed E-state index contributed by atoms with van der Waals surface area (Å²) < 4.78 is 23.5. The number of hydrogen-bond donors (Lipinski definition) is 2. The fraction of sp³-hybridized carbons (Fsp3) is 0.286. The number of H-pyrrole nitrogens is 1. The van der Waals surface area contributed by atoms with Gasteiger partial charge in [-0.05, 0) is 54.5 Å². The Bertz CT molecular complexity index is 1110. The molecular formula is C21H22N2O3S. The van der Waals surface area contributed by atoms with Crippen molar-refractivity contribution in [3.05, 3.63) is 59.3 Å². The Kier molecular flexibility index (Phi) is 4.30. The predicted molar refractivity (Wildman–Crippen MR) is 108 cm³/mol. The van der Waals surface area contributed by atoms with Gasteiger partial charge in [-0.15, -0.1) is 0 Å². The van der Waals surface area contributed by atoms with Crippen LogP contribution in [0.25, 0.3) is 22.0 Å². The van der Waals surface area contributed by atoms with Crippen LogP contribution in [0.4, 0.5) is 0 Å². The molecule has 1 aromatic heterocycles. The number of nitrogens with one attached hydrogen (secondary N) is 1. The average molecular weight is 382 g/mol. The number of aromatic nitrogens is 1. The lowest BCUT2D eigenvalue weighted by Gasteiger charge is -2.21. The van der Waals surface area contributed by atoms with Crippen LogP contribution in [0.15, 0.2) is 42.6 Å². The maximum absolute atomic E-state index is 12.0. The fourth-order valence-corrected chi connectivity index (χ4v) is 5.39. The van der Waals surface area contributed by atoms with Crippen molar-refractivity contribution < 1.29 is 13.2 Å². The quantitative estimate of drug-likeness (QED) is 0.726. The maximum atomic E-state index is 12.0. The van der Waals surface area contributed by atoms with Gasteiger partial charge in [0.15, 0.2) is 0 Å². The normalized spacial score (nSPS) is 17.2. The minimum absolute atomic E-state index is 0.163.